The van der Waals surface area contributed by atoms with Gasteiger partial charge >= 0.3 is 0 Å². The number of carbonyl (C=O) groups is 2. The fourth-order valence-corrected chi connectivity index (χ4v) is 4.28. The molecule has 0 N–H and O–H groups in total. The van der Waals surface area contributed by atoms with Gasteiger partial charge in [0.05, 0.1) is 0 Å². The Labute approximate surface area is 88.0 Å². The molecule has 4 saturated carbocycles. The molecule has 2 unspecified atom stereocenters. The Morgan fingerprint density at radius 2 is 1.50 bits per heavy atom. The molecular weight excluding hydrogens is 200 g/mol. The molecular formula is C11H13ClO2. The highest BCUT2D eigenvalue weighted by Crippen LogP contribution is 2.54. The Bertz CT molecular complexity index is 297. The van der Waals surface area contributed by atoms with Crippen molar-refractivity contribution in [2.24, 2.45) is 17.8 Å². The molecule has 0 aromatic rings. The van der Waals surface area contributed by atoms with Crippen molar-refractivity contribution in [3.8, 4) is 0 Å². The van der Waals surface area contributed by atoms with Crippen LogP contribution in [0.5, 0.6) is 0 Å². The van der Waals surface area contributed by atoms with Crippen LogP contribution in [0, 0.1) is 17.8 Å². The van der Waals surface area contributed by atoms with Crippen LogP contribution in [0.4, 0.5) is 0 Å². The number of fused-ring (bicyclic) bond motifs is 1. The van der Waals surface area contributed by atoms with Gasteiger partial charge in [-0.15, -0.1) is 11.6 Å². The second-order valence-corrected chi connectivity index (χ2v) is 6.02. The lowest BCUT2D eigenvalue weighted by molar-refractivity contribution is -0.140. The first-order valence-electron chi connectivity index (χ1n) is 5.34. The molecule has 0 saturated heterocycles. The van der Waals surface area contributed by atoms with Crippen LogP contribution in [0.15, 0.2) is 0 Å². The van der Waals surface area contributed by atoms with E-state index in [1.54, 1.807) is 0 Å². The first-order valence-corrected chi connectivity index (χ1v) is 5.72. The Balaban J connectivity index is 2.07. The minimum Gasteiger partial charge on any atom is -0.291 e. The van der Waals surface area contributed by atoms with E-state index >= 15 is 0 Å². The van der Waals surface area contributed by atoms with E-state index in [1.165, 1.54) is 0 Å². The largest absolute Gasteiger partial charge is 0.291 e. The van der Waals surface area contributed by atoms with E-state index in [9.17, 15) is 9.59 Å². The molecule has 2 nitrogen and oxygen atoms in total. The molecule has 0 spiro atoms. The van der Waals surface area contributed by atoms with Crippen molar-refractivity contribution in [3.63, 3.8) is 0 Å². The highest BCUT2D eigenvalue weighted by Gasteiger charge is 2.53. The molecule has 0 aliphatic heterocycles. The zero-order valence-corrected chi connectivity index (χ0v) is 8.72. The van der Waals surface area contributed by atoms with Crippen molar-refractivity contribution < 1.29 is 9.59 Å². The Hall–Kier alpha value is -0.370. The first-order chi connectivity index (χ1) is 6.57. The van der Waals surface area contributed by atoms with Gasteiger partial charge in [0.2, 0.25) is 11.6 Å². The predicted octanol–water partition coefficient (Wildman–Crippen LogP) is 1.94. The number of alkyl halides is 1. The SMILES string of the molecule is O=C1C(=O)C2CC3CC1CC(Cl)(C3)C2. The number of ketones is 2. The van der Waals surface area contributed by atoms with Gasteiger partial charge in [-0.3, -0.25) is 9.59 Å². The topological polar surface area (TPSA) is 34.1 Å². The van der Waals surface area contributed by atoms with Gasteiger partial charge in [-0.25, -0.2) is 0 Å². The van der Waals surface area contributed by atoms with Crippen molar-refractivity contribution >= 4 is 23.2 Å². The van der Waals surface area contributed by atoms with Crippen molar-refractivity contribution in [1.29, 1.82) is 0 Å². The van der Waals surface area contributed by atoms with Crippen LogP contribution in [0.2, 0.25) is 0 Å². The normalized spacial score (nSPS) is 51.1. The van der Waals surface area contributed by atoms with E-state index in [1.807, 2.05) is 0 Å². The minimum absolute atomic E-state index is 0.0498. The van der Waals surface area contributed by atoms with E-state index in [4.69, 9.17) is 11.6 Å². The number of rotatable bonds is 0. The Morgan fingerprint density at radius 3 is 1.93 bits per heavy atom. The van der Waals surface area contributed by atoms with Crippen molar-refractivity contribution in [2.75, 3.05) is 0 Å². The summed E-state index contributed by atoms with van der Waals surface area (Å²) in [6.07, 6.45) is 4.32. The van der Waals surface area contributed by atoms with Crippen LogP contribution >= 0.6 is 11.6 Å². The number of hydrogen-bond donors (Lipinski definition) is 0. The molecule has 14 heavy (non-hydrogen) atoms. The second kappa shape index (κ2) is 2.60. The quantitative estimate of drug-likeness (QED) is 0.454. The summed E-state index contributed by atoms with van der Waals surface area (Å²) in [7, 11) is 0. The average Bonchev–Trinajstić information content (AvgIpc) is 2.21. The molecule has 76 valence electrons. The van der Waals surface area contributed by atoms with Crippen LogP contribution in [-0.4, -0.2) is 16.4 Å². The van der Waals surface area contributed by atoms with Crippen molar-refractivity contribution in [3.05, 3.63) is 0 Å². The highest BCUT2D eigenvalue weighted by atomic mass is 35.5. The molecule has 2 atom stereocenters. The molecule has 3 heteroatoms. The highest BCUT2D eigenvalue weighted by molar-refractivity contribution is 6.40. The number of carbonyl (C=O) groups excluding carboxylic acids is 2. The summed E-state index contributed by atoms with van der Waals surface area (Å²) >= 11 is 6.46. The first kappa shape index (κ1) is 8.90. The fourth-order valence-electron chi connectivity index (χ4n) is 3.69. The number of hydrogen-bond acceptors (Lipinski definition) is 2. The van der Waals surface area contributed by atoms with Gasteiger partial charge in [0.1, 0.15) is 0 Å². The molecule has 0 amide bonds. The third-order valence-corrected chi connectivity index (χ3v) is 4.56. The summed E-state index contributed by atoms with van der Waals surface area (Å²) < 4.78 is 0. The maximum absolute atomic E-state index is 11.7. The zero-order valence-electron chi connectivity index (χ0n) is 7.96. The molecule has 0 aromatic carbocycles. The third-order valence-electron chi connectivity index (χ3n) is 4.10. The zero-order chi connectivity index (χ0) is 9.92. The van der Waals surface area contributed by atoms with E-state index in [0.29, 0.717) is 5.92 Å². The van der Waals surface area contributed by atoms with E-state index in [2.05, 4.69) is 0 Å². The van der Waals surface area contributed by atoms with Crippen molar-refractivity contribution in [1.82, 2.24) is 0 Å². The molecule has 4 aliphatic rings. The molecule has 0 radical (unpaired) electrons. The number of halogens is 1. The lowest BCUT2D eigenvalue weighted by Crippen LogP contribution is -2.39. The van der Waals surface area contributed by atoms with Crippen LogP contribution in [-0.2, 0) is 9.59 Å². The third kappa shape index (κ3) is 1.10. The summed E-state index contributed by atoms with van der Waals surface area (Å²) in [5.74, 6) is 0.178. The maximum atomic E-state index is 11.7. The minimum atomic E-state index is -0.224. The lowest BCUT2D eigenvalue weighted by Gasteiger charge is -2.43. The van der Waals surface area contributed by atoms with E-state index in [-0.39, 0.29) is 28.3 Å². The van der Waals surface area contributed by atoms with Gasteiger partial charge in [0, 0.05) is 16.7 Å². The summed E-state index contributed by atoms with van der Waals surface area (Å²) in [6, 6.07) is 0. The van der Waals surface area contributed by atoms with Crippen LogP contribution in [0.25, 0.3) is 0 Å². The smallest absolute Gasteiger partial charge is 0.201 e. The monoisotopic (exact) mass is 212 g/mol. The Kier molecular flexibility index (Phi) is 1.65. The molecule has 4 rings (SSSR count). The lowest BCUT2D eigenvalue weighted by atomic mass is 9.67. The van der Waals surface area contributed by atoms with Gasteiger partial charge in [-0.05, 0) is 38.0 Å². The molecule has 0 aromatic heterocycles. The van der Waals surface area contributed by atoms with E-state index in [0.717, 1.165) is 32.1 Å². The summed E-state index contributed by atoms with van der Waals surface area (Å²) in [4.78, 5) is 23.2. The maximum Gasteiger partial charge on any atom is 0.201 e. The Morgan fingerprint density at radius 1 is 1.00 bits per heavy atom. The summed E-state index contributed by atoms with van der Waals surface area (Å²) in [6.45, 7) is 0. The summed E-state index contributed by atoms with van der Waals surface area (Å²) in [5.41, 5.74) is 0. The van der Waals surface area contributed by atoms with Gasteiger partial charge in [0.25, 0.3) is 0 Å². The standard InChI is InChI=1S/C11H13ClO2/c12-11-3-6-1-7(4-11)9(13)10(14)8(2-6)5-11/h6-8H,1-5H2. The summed E-state index contributed by atoms with van der Waals surface area (Å²) in [5, 5.41) is 0. The number of Topliss-reactive ketones (excluding diaryl/α,β-unsaturated/α-hetero) is 2. The molecule has 4 fully saturated rings. The van der Waals surface area contributed by atoms with Crippen LogP contribution in [0.3, 0.4) is 0 Å². The molecule has 4 bridgehead atoms. The van der Waals surface area contributed by atoms with E-state index < -0.39 is 0 Å². The van der Waals surface area contributed by atoms with Crippen LogP contribution in [0.1, 0.15) is 32.1 Å². The van der Waals surface area contributed by atoms with Gasteiger partial charge < -0.3 is 0 Å². The van der Waals surface area contributed by atoms with Crippen LogP contribution < -0.4 is 0 Å². The van der Waals surface area contributed by atoms with Gasteiger partial charge in [-0.2, -0.15) is 0 Å². The molecule has 4 aliphatic carbocycles. The van der Waals surface area contributed by atoms with Gasteiger partial charge in [0.15, 0.2) is 0 Å². The van der Waals surface area contributed by atoms with Crippen molar-refractivity contribution in [2.45, 2.75) is 37.0 Å². The second-order valence-electron chi connectivity index (χ2n) is 5.22. The van der Waals surface area contributed by atoms with Gasteiger partial charge in [-0.1, -0.05) is 0 Å². The fraction of sp³-hybridized carbons (Fsp3) is 0.818. The average molecular weight is 213 g/mol. The predicted molar refractivity (Wildman–Crippen MR) is 52.2 cm³/mol. The molecule has 0 heterocycles.